The maximum Gasteiger partial charge on any atom is 0.0584 e. The first kappa shape index (κ1) is 21.2. The third-order valence-corrected chi connectivity index (χ3v) is 13.2. The summed E-state index contributed by atoms with van der Waals surface area (Å²) >= 11 is 0. The van der Waals surface area contributed by atoms with Gasteiger partial charge in [-0.1, -0.05) is 124 Å². The van der Waals surface area contributed by atoms with Gasteiger partial charge in [0.2, 0.25) is 0 Å². The van der Waals surface area contributed by atoms with Crippen molar-refractivity contribution in [1.29, 1.82) is 0 Å². The van der Waals surface area contributed by atoms with E-state index in [1.807, 2.05) is 0 Å². The summed E-state index contributed by atoms with van der Waals surface area (Å²) in [6.45, 7) is 14.7. The predicted molar refractivity (Wildman–Crippen MR) is 103 cm³/mol. The first-order chi connectivity index (χ1) is 9.93. The van der Waals surface area contributed by atoms with Gasteiger partial charge in [-0.15, -0.1) is 0 Å². The van der Waals surface area contributed by atoms with Gasteiger partial charge in [0, 0.05) is 0 Å². The molecule has 0 atom stereocenters. The third-order valence-electron chi connectivity index (χ3n) is 5.95. The van der Waals surface area contributed by atoms with Crippen LogP contribution in [0.2, 0.25) is 23.2 Å². The molecule has 0 amide bonds. The van der Waals surface area contributed by atoms with E-state index in [2.05, 4.69) is 41.5 Å². The van der Waals surface area contributed by atoms with Crippen LogP contribution in [0, 0.1) is 0 Å². The molecule has 0 aliphatic heterocycles. The van der Waals surface area contributed by atoms with E-state index >= 15 is 0 Å². The van der Waals surface area contributed by atoms with Gasteiger partial charge in [-0.05, 0) is 5.04 Å². The molecule has 0 fully saturated rings. The van der Waals surface area contributed by atoms with Gasteiger partial charge in [0.1, 0.15) is 0 Å². The monoisotopic (exact) mass is 312 g/mol. The molecule has 0 aromatic heterocycles. The summed E-state index contributed by atoms with van der Waals surface area (Å²) in [6, 6.07) is 4.52. The van der Waals surface area contributed by atoms with Gasteiger partial charge in [0.15, 0.2) is 0 Å². The molecule has 128 valence electrons. The van der Waals surface area contributed by atoms with Crippen LogP contribution in [0.5, 0.6) is 0 Å². The molecule has 0 saturated heterocycles. The van der Waals surface area contributed by atoms with E-state index in [1.165, 1.54) is 76.3 Å². The Bertz CT molecular complexity index is 222. The predicted octanol–water partition coefficient (Wildman–Crippen LogP) is 8.20. The quantitative estimate of drug-likeness (QED) is 0.237. The normalized spacial score (nSPS) is 12.9. The van der Waals surface area contributed by atoms with Gasteiger partial charge in [-0.25, -0.2) is 0 Å². The third kappa shape index (κ3) is 8.43. The fourth-order valence-corrected chi connectivity index (χ4v) is 9.00. The van der Waals surface area contributed by atoms with E-state index < -0.39 is 8.07 Å². The van der Waals surface area contributed by atoms with Gasteiger partial charge in [-0.2, -0.15) is 0 Å². The smallest absolute Gasteiger partial charge is 0.0584 e. The van der Waals surface area contributed by atoms with Crippen LogP contribution in [-0.2, 0) is 0 Å². The SMILES string of the molecule is CCCCCCCCCCCC[Si](CC)(CC)C(C)(C)C. The lowest BCUT2D eigenvalue weighted by Gasteiger charge is -2.42. The summed E-state index contributed by atoms with van der Waals surface area (Å²) in [5.41, 5.74) is 0. The number of rotatable bonds is 13. The summed E-state index contributed by atoms with van der Waals surface area (Å²) < 4.78 is 0. The Kier molecular flexibility index (Phi) is 11.9. The van der Waals surface area contributed by atoms with Gasteiger partial charge in [-0.3, -0.25) is 0 Å². The number of unbranched alkanes of at least 4 members (excludes halogenated alkanes) is 9. The van der Waals surface area contributed by atoms with E-state index in [9.17, 15) is 0 Å². The van der Waals surface area contributed by atoms with Crippen molar-refractivity contribution in [2.45, 2.75) is 129 Å². The molecule has 0 aliphatic carbocycles. The molecule has 0 nitrogen and oxygen atoms in total. The molecule has 1 heteroatoms. The molecule has 0 spiro atoms. The largest absolute Gasteiger partial charge is 0.0678 e. The Hall–Kier alpha value is 0.217. The van der Waals surface area contributed by atoms with Gasteiger partial charge >= 0.3 is 0 Å². The Labute approximate surface area is 137 Å². The van der Waals surface area contributed by atoms with Crippen molar-refractivity contribution in [3.8, 4) is 0 Å². The average Bonchev–Trinajstić information content (AvgIpc) is 2.44. The lowest BCUT2D eigenvalue weighted by Crippen LogP contribution is -2.42. The molecule has 0 aliphatic rings. The van der Waals surface area contributed by atoms with Crippen LogP contribution in [0.3, 0.4) is 0 Å². The Morgan fingerprint density at radius 3 is 1.29 bits per heavy atom. The van der Waals surface area contributed by atoms with Crippen LogP contribution in [0.15, 0.2) is 0 Å². The highest BCUT2D eigenvalue weighted by atomic mass is 28.3. The zero-order valence-corrected chi connectivity index (χ0v) is 17.2. The summed E-state index contributed by atoms with van der Waals surface area (Å²) in [6.07, 6.45) is 14.6. The van der Waals surface area contributed by atoms with Crippen LogP contribution in [0.4, 0.5) is 0 Å². The molecule has 0 heterocycles. The van der Waals surface area contributed by atoms with Crippen LogP contribution < -0.4 is 0 Å². The van der Waals surface area contributed by atoms with E-state index in [-0.39, 0.29) is 0 Å². The molecular formula is C20H44Si. The van der Waals surface area contributed by atoms with Gasteiger partial charge in [0.25, 0.3) is 0 Å². The molecule has 0 unspecified atom stereocenters. The minimum absolute atomic E-state index is 0.593. The van der Waals surface area contributed by atoms with Crippen LogP contribution >= 0.6 is 0 Å². The van der Waals surface area contributed by atoms with Crippen LogP contribution in [0.1, 0.15) is 106 Å². The summed E-state index contributed by atoms with van der Waals surface area (Å²) in [5.74, 6) is 0. The van der Waals surface area contributed by atoms with Crippen molar-refractivity contribution in [3.05, 3.63) is 0 Å². The zero-order chi connectivity index (χ0) is 16.2. The second-order valence-electron chi connectivity index (χ2n) is 8.17. The second-order valence-corrected chi connectivity index (χ2v) is 14.1. The second kappa shape index (κ2) is 11.7. The van der Waals surface area contributed by atoms with Crippen molar-refractivity contribution in [2.75, 3.05) is 0 Å². The van der Waals surface area contributed by atoms with Crippen LogP contribution in [-0.4, -0.2) is 8.07 Å². The van der Waals surface area contributed by atoms with Gasteiger partial charge in [0.05, 0.1) is 8.07 Å². The highest BCUT2D eigenvalue weighted by Gasteiger charge is 2.39. The first-order valence-electron chi connectivity index (χ1n) is 9.93. The molecule has 0 bridgehead atoms. The molecule has 0 aromatic rings. The Balaban J connectivity index is 3.69. The number of hydrogen-bond donors (Lipinski definition) is 0. The number of hydrogen-bond acceptors (Lipinski definition) is 0. The van der Waals surface area contributed by atoms with E-state index in [0.29, 0.717) is 5.04 Å². The fraction of sp³-hybridized carbons (Fsp3) is 1.00. The van der Waals surface area contributed by atoms with Crippen molar-refractivity contribution >= 4 is 8.07 Å². The molecular weight excluding hydrogens is 268 g/mol. The summed E-state index contributed by atoms with van der Waals surface area (Å²) in [7, 11) is -1.04. The van der Waals surface area contributed by atoms with Crippen molar-refractivity contribution in [2.24, 2.45) is 0 Å². The maximum absolute atomic E-state index is 2.50. The average molecular weight is 313 g/mol. The van der Waals surface area contributed by atoms with E-state index in [4.69, 9.17) is 0 Å². The van der Waals surface area contributed by atoms with Gasteiger partial charge < -0.3 is 0 Å². The lowest BCUT2D eigenvalue weighted by atomic mass is 10.1. The highest BCUT2D eigenvalue weighted by molar-refractivity contribution is 6.82. The summed E-state index contributed by atoms with van der Waals surface area (Å²) in [5, 5.41) is 0.593. The van der Waals surface area contributed by atoms with Crippen LogP contribution in [0.25, 0.3) is 0 Å². The minimum Gasteiger partial charge on any atom is -0.0678 e. The molecule has 21 heavy (non-hydrogen) atoms. The standard InChI is InChI=1S/C20H44Si/c1-7-10-11-12-13-14-15-16-17-18-19-21(8-2,9-3)20(4,5)6/h7-19H2,1-6H3. The molecule has 0 rings (SSSR count). The van der Waals surface area contributed by atoms with Crippen molar-refractivity contribution < 1.29 is 0 Å². The van der Waals surface area contributed by atoms with E-state index in [0.717, 1.165) is 0 Å². The minimum atomic E-state index is -1.04. The topological polar surface area (TPSA) is 0 Å². The maximum atomic E-state index is 2.50. The molecule has 0 aromatic carbocycles. The fourth-order valence-electron chi connectivity index (χ4n) is 3.99. The first-order valence-corrected chi connectivity index (χ1v) is 12.6. The zero-order valence-electron chi connectivity index (χ0n) is 16.2. The molecule has 0 saturated carbocycles. The molecule has 0 radical (unpaired) electrons. The highest BCUT2D eigenvalue weighted by Crippen LogP contribution is 2.45. The molecule has 0 N–H and O–H groups in total. The Morgan fingerprint density at radius 2 is 0.952 bits per heavy atom. The lowest BCUT2D eigenvalue weighted by molar-refractivity contribution is 0.559. The van der Waals surface area contributed by atoms with Crippen molar-refractivity contribution in [1.82, 2.24) is 0 Å². The Morgan fingerprint density at radius 1 is 0.571 bits per heavy atom. The van der Waals surface area contributed by atoms with Crippen molar-refractivity contribution in [3.63, 3.8) is 0 Å². The summed E-state index contributed by atoms with van der Waals surface area (Å²) in [4.78, 5) is 0. The van der Waals surface area contributed by atoms with E-state index in [1.54, 1.807) is 6.04 Å².